The molecule has 4 aliphatic heterocycles. The van der Waals surface area contributed by atoms with Crippen LogP contribution in [0.2, 0.25) is 0 Å². The summed E-state index contributed by atoms with van der Waals surface area (Å²) in [6, 6.07) is 11.7. The van der Waals surface area contributed by atoms with Gasteiger partial charge in [-0.2, -0.15) is 4.98 Å². The first-order chi connectivity index (χ1) is 18.6. The van der Waals surface area contributed by atoms with Gasteiger partial charge in [-0.15, -0.1) is 5.10 Å². The first kappa shape index (κ1) is 24.4. The maximum atomic E-state index is 12.8. The van der Waals surface area contributed by atoms with Gasteiger partial charge >= 0.3 is 6.09 Å². The fourth-order valence-corrected chi connectivity index (χ4v) is 5.72. The minimum Gasteiger partial charge on any atom is -0.450 e. The molecule has 1 aromatic carbocycles. The molecule has 2 N–H and O–H groups in total. The highest BCUT2D eigenvalue weighted by Crippen LogP contribution is 2.28. The summed E-state index contributed by atoms with van der Waals surface area (Å²) in [5.41, 5.74) is 4.34. The number of pyridine rings is 1. The van der Waals surface area contributed by atoms with Gasteiger partial charge < -0.3 is 25.2 Å². The van der Waals surface area contributed by atoms with Crippen LogP contribution < -0.4 is 10.6 Å². The number of benzene rings is 1. The summed E-state index contributed by atoms with van der Waals surface area (Å²) >= 11 is 0. The highest BCUT2D eigenvalue weighted by Gasteiger charge is 2.35. The number of piperidine rings is 3. The molecule has 2 bridgehead atoms. The molecule has 0 spiro atoms. The number of hydrogen-bond acceptors (Lipinski definition) is 7. The van der Waals surface area contributed by atoms with E-state index in [1.807, 2.05) is 49.5 Å². The van der Waals surface area contributed by atoms with Gasteiger partial charge in [0.25, 0.3) is 5.91 Å². The van der Waals surface area contributed by atoms with Gasteiger partial charge in [0.1, 0.15) is 0 Å². The molecule has 3 saturated heterocycles. The molecule has 6 heterocycles. The number of carbonyl (C=O) groups is 2. The van der Waals surface area contributed by atoms with Crippen LogP contribution in [0.15, 0.2) is 48.7 Å². The molecule has 4 aliphatic rings. The summed E-state index contributed by atoms with van der Waals surface area (Å²) in [5, 5.41) is 11.1. The zero-order valence-electron chi connectivity index (χ0n) is 21.6. The maximum absolute atomic E-state index is 12.8. The van der Waals surface area contributed by atoms with Crippen molar-refractivity contribution in [2.24, 2.45) is 5.92 Å². The fourth-order valence-electron chi connectivity index (χ4n) is 5.72. The number of ether oxygens (including phenoxy) is 1. The van der Waals surface area contributed by atoms with E-state index in [-0.39, 0.29) is 18.0 Å². The van der Waals surface area contributed by atoms with E-state index in [9.17, 15) is 9.59 Å². The Hall–Kier alpha value is -3.92. The Labute approximate surface area is 221 Å². The lowest BCUT2D eigenvalue weighted by Crippen LogP contribution is -2.57. The molecule has 0 unspecified atom stereocenters. The Morgan fingerprint density at radius 1 is 1.11 bits per heavy atom. The van der Waals surface area contributed by atoms with Crippen molar-refractivity contribution in [3.8, 4) is 0 Å². The van der Waals surface area contributed by atoms with E-state index in [1.165, 1.54) is 12.8 Å². The molecule has 2 aromatic heterocycles. The number of nitrogens with zero attached hydrogens (tertiary/aromatic N) is 5. The average molecular weight is 516 g/mol. The van der Waals surface area contributed by atoms with E-state index in [4.69, 9.17) is 9.72 Å². The van der Waals surface area contributed by atoms with Gasteiger partial charge in [0.15, 0.2) is 5.65 Å². The van der Waals surface area contributed by atoms with Crippen LogP contribution in [0.4, 0.5) is 16.4 Å². The van der Waals surface area contributed by atoms with Gasteiger partial charge in [0.05, 0.1) is 6.61 Å². The van der Waals surface area contributed by atoms with Crippen LogP contribution in [-0.2, 0) is 4.74 Å². The smallest absolute Gasteiger partial charge is 0.410 e. The number of anilines is 2. The monoisotopic (exact) mass is 515 g/mol. The Bertz CT molecular complexity index is 1360. The van der Waals surface area contributed by atoms with Crippen molar-refractivity contribution < 1.29 is 14.3 Å². The second-order valence-corrected chi connectivity index (χ2v) is 10.2. The summed E-state index contributed by atoms with van der Waals surface area (Å²) in [5.74, 6) is 1.05. The van der Waals surface area contributed by atoms with Crippen molar-refractivity contribution in [2.45, 2.75) is 32.2 Å². The van der Waals surface area contributed by atoms with Crippen molar-refractivity contribution in [3.63, 3.8) is 0 Å². The van der Waals surface area contributed by atoms with Crippen LogP contribution in [-0.4, -0.2) is 81.8 Å². The molecule has 198 valence electrons. The summed E-state index contributed by atoms with van der Waals surface area (Å²) in [6.07, 6.45) is 6.70. The third-order valence-corrected chi connectivity index (χ3v) is 7.82. The summed E-state index contributed by atoms with van der Waals surface area (Å²) < 4.78 is 6.87. The predicted molar refractivity (Wildman–Crippen MR) is 144 cm³/mol. The van der Waals surface area contributed by atoms with E-state index in [2.05, 4.69) is 26.7 Å². The molecular formula is C28H33N7O3. The van der Waals surface area contributed by atoms with Crippen LogP contribution in [0.3, 0.4) is 0 Å². The number of nitrogens with one attached hydrogen (secondary N) is 2. The van der Waals surface area contributed by atoms with Crippen LogP contribution >= 0.6 is 0 Å². The summed E-state index contributed by atoms with van der Waals surface area (Å²) in [7, 11) is 0. The highest BCUT2D eigenvalue weighted by atomic mass is 16.6. The lowest BCUT2D eigenvalue weighted by atomic mass is 9.84. The quantitative estimate of drug-likeness (QED) is 0.518. The van der Waals surface area contributed by atoms with E-state index < -0.39 is 0 Å². The number of carbonyl (C=O) groups excluding carboxylic acids is 2. The Morgan fingerprint density at radius 3 is 2.61 bits per heavy atom. The van der Waals surface area contributed by atoms with Crippen molar-refractivity contribution in [3.05, 3.63) is 59.8 Å². The van der Waals surface area contributed by atoms with Crippen molar-refractivity contribution in [2.75, 3.05) is 44.6 Å². The van der Waals surface area contributed by atoms with E-state index in [1.54, 1.807) is 9.42 Å². The lowest BCUT2D eigenvalue weighted by molar-refractivity contribution is 0.0620. The van der Waals surface area contributed by atoms with Crippen molar-refractivity contribution >= 4 is 34.9 Å². The number of aromatic nitrogens is 3. The molecule has 0 radical (unpaired) electrons. The van der Waals surface area contributed by atoms with Gasteiger partial charge in [-0.25, -0.2) is 9.31 Å². The second-order valence-electron chi connectivity index (χ2n) is 10.2. The van der Waals surface area contributed by atoms with Crippen molar-refractivity contribution in [1.82, 2.24) is 29.7 Å². The van der Waals surface area contributed by atoms with Crippen LogP contribution in [0.5, 0.6) is 0 Å². The van der Waals surface area contributed by atoms with E-state index in [0.717, 1.165) is 48.5 Å². The first-order valence-corrected chi connectivity index (χ1v) is 13.4. The Balaban J connectivity index is 1.12. The largest absolute Gasteiger partial charge is 0.450 e. The molecule has 0 saturated carbocycles. The van der Waals surface area contributed by atoms with Gasteiger partial charge in [-0.05, 0) is 87.2 Å². The van der Waals surface area contributed by atoms with E-state index in [0.29, 0.717) is 37.1 Å². The summed E-state index contributed by atoms with van der Waals surface area (Å²) in [6.45, 7) is 6.56. The van der Waals surface area contributed by atoms with Crippen LogP contribution in [0.1, 0.15) is 42.1 Å². The normalized spacial score (nSPS) is 22.7. The molecule has 38 heavy (non-hydrogen) atoms. The standard InChI is InChI=1S/C28H33N7O3/c1-2-38-28(37)34-16-11-19(12-17-34)23-4-3-13-35-25(23)31-27(32-35)29-22-7-5-21(6-8-22)26(36)30-24-18-33-14-9-20(24)10-15-33/h3-8,11,13,20,24H,2,9-10,12,14-18H2,1H3,(H,29,32)(H,30,36)/t24-/m0/s1. The molecule has 3 aromatic rings. The zero-order valence-corrected chi connectivity index (χ0v) is 21.6. The third kappa shape index (κ3) is 4.96. The molecule has 3 fully saturated rings. The van der Waals surface area contributed by atoms with Crippen LogP contribution in [0.25, 0.3) is 11.2 Å². The Kier molecular flexibility index (Phi) is 6.71. The minimum atomic E-state index is -0.280. The van der Waals surface area contributed by atoms with Gasteiger partial charge in [0, 0.05) is 48.7 Å². The predicted octanol–water partition coefficient (Wildman–Crippen LogP) is 3.54. The number of hydrogen-bond donors (Lipinski definition) is 2. The second kappa shape index (κ2) is 10.4. The average Bonchev–Trinajstić information content (AvgIpc) is 3.37. The van der Waals surface area contributed by atoms with Gasteiger partial charge in [-0.3, -0.25) is 4.79 Å². The fraction of sp³-hybridized carbons (Fsp3) is 0.429. The molecule has 0 aliphatic carbocycles. The minimum absolute atomic E-state index is 0.0203. The Morgan fingerprint density at radius 2 is 1.92 bits per heavy atom. The molecule has 10 nitrogen and oxygen atoms in total. The molecular weight excluding hydrogens is 482 g/mol. The van der Waals surface area contributed by atoms with Crippen molar-refractivity contribution in [1.29, 1.82) is 0 Å². The molecule has 7 rings (SSSR count). The molecule has 1 atom stereocenters. The van der Waals surface area contributed by atoms with Crippen LogP contribution in [0, 0.1) is 5.92 Å². The maximum Gasteiger partial charge on any atom is 0.410 e. The third-order valence-electron chi connectivity index (χ3n) is 7.82. The SMILES string of the molecule is CCOC(=O)N1CC=C(c2cccn3nc(Nc4ccc(C(=O)N[C@H]5CN6CCC5CC6)cc4)nc23)CC1. The topological polar surface area (TPSA) is 104 Å². The van der Waals surface area contributed by atoms with E-state index >= 15 is 0 Å². The molecule has 2 amide bonds. The molecule has 10 heteroatoms. The number of rotatable bonds is 6. The van der Waals surface area contributed by atoms with Gasteiger partial charge in [0.2, 0.25) is 5.95 Å². The number of amides is 2. The first-order valence-electron chi connectivity index (χ1n) is 13.4. The van der Waals surface area contributed by atoms with Gasteiger partial charge in [-0.1, -0.05) is 6.08 Å². The summed E-state index contributed by atoms with van der Waals surface area (Å²) in [4.78, 5) is 33.7. The zero-order chi connectivity index (χ0) is 26.1. The highest BCUT2D eigenvalue weighted by molar-refractivity contribution is 5.94. The lowest BCUT2D eigenvalue weighted by Gasteiger charge is -2.44. The number of fused-ring (bicyclic) bond motifs is 4.